The molecule has 3 radical (unpaired) electrons. The first-order valence-corrected chi connectivity index (χ1v) is 9.31. The monoisotopic (exact) mass is 269 g/mol. The fraction of sp³-hybridized carbons (Fsp3) is 1.00. The first kappa shape index (κ1) is 16.6. The Morgan fingerprint density at radius 1 is 0.700 bits per heavy atom. The first-order chi connectivity index (χ1) is 9.79. The third-order valence-electron chi connectivity index (χ3n) is 5.53. The lowest BCUT2D eigenvalue weighted by Crippen LogP contribution is -2.28. The average molecular weight is 269 g/mol. The van der Waals surface area contributed by atoms with Crippen molar-refractivity contribution < 1.29 is 0 Å². The Balaban J connectivity index is 1.67. The summed E-state index contributed by atoms with van der Waals surface area (Å²) in [6, 6.07) is 0. The average Bonchev–Trinajstić information content (AvgIpc) is 2.37. The number of rotatable bonds is 4. The molecule has 0 atom stereocenters. The van der Waals surface area contributed by atoms with Crippen LogP contribution in [-0.2, 0) is 0 Å². The lowest BCUT2D eigenvalue weighted by atomic mass is 9.11. The zero-order valence-corrected chi connectivity index (χ0v) is 13.7. The van der Waals surface area contributed by atoms with Gasteiger partial charge in [-0.3, -0.25) is 0 Å². The lowest BCUT2D eigenvalue weighted by molar-refractivity contribution is 0.419. The van der Waals surface area contributed by atoms with Gasteiger partial charge in [0.15, 0.2) is 0 Å². The van der Waals surface area contributed by atoms with E-state index in [9.17, 15) is 0 Å². The van der Waals surface area contributed by atoms with Gasteiger partial charge < -0.3 is 0 Å². The molecule has 0 amide bonds. The third kappa shape index (κ3) is 6.31. The predicted molar refractivity (Wildman–Crippen MR) is 94.0 cm³/mol. The standard InChI is InChI=1S/C17H32B3/c1-17(14-10-6-3-7-11-15-17)19-20-18-16-12-8-4-2-5-9-13-16/h16H,2-15H2,1H3. The molecule has 0 nitrogen and oxygen atoms in total. The van der Waals surface area contributed by atoms with Crippen LogP contribution in [0.15, 0.2) is 0 Å². The Kier molecular flexibility index (Phi) is 7.67. The van der Waals surface area contributed by atoms with E-state index in [4.69, 9.17) is 0 Å². The maximum Gasteiger partial charge on any atom is 0.0635 e. The van der Waals surface area contributed by atoms with E-state index in [1.54, 1.807) is 0 Å². The van der Waals surface area contributed by atoms with Gasteiger partial charge in [-0.15, -0.1) is 0 Å². The summed E-state index contributed by atoms with van der Waals surface area (Å²) in [5.74, 6) is 0.865. The highest BCUT2D eigenvalue weighted by molar-refractivity contribution is 7.30. The topological polar surface area (TPSA) is 0 Å². The summed E-state index contributed by atoms with van der Waals surface area (Å²) in [7, 11) is 7.53. The maximum atomic E-state index is 2.55. The van der Waals surface area contributed by atoms with Gasteiger partial charge in [-0.2, -0.15) is 0 Å². The van der Waals surface area contributed by atoms with Crippen LogP contribution in [0, 0.1) is 0 Å². The van der Waals surface area contributed by atoms with E-state index in [0.717, 1.165) is 5.82 Å². The molecule has 109 valence electrons. The Hall–Kier alpha value is 0.195. The molecule has 0 saturated heterocycles. The van der Waals surface area contributed by atoms with Crippen LogP contribution < -0.4 is 0 Å². The molecule has 0 bridgehead atoms. The molecule has 0 aromatic carbocycles. The molecule has 0 heterocycles. The van der Waals surface area contributed by atoms with Gasteiger partial charge in [0.2, 0.25) is 0 Å². The normalized spacial score (nSPS) is 25.6. The fourth-order valence-electron chi connectivity index (χ4n) is 4.00. The fourth-order valence-corrected chi connectivity index (χ4v) is 4.00. The highest BCUT2D eigenvalue weighted by atomic mass is 14.2. The summed E-state index contributed by atoms with van der Waals surface area (Å²) < 4.78 is 0. The van der Waals surface area contributed by atoms with Gasteiger partial charge in [0, 0.05) is 7.06 Å². The van der Waals surface area contributed by atoms with Gasteiger partial charge in [-0.25, -0.2) is 0 Å². The Labute approximate surface area is 129 Å². The van der Waals surface area contributed by atoms with Gasteiger partial charge in [0.25, 0.3) is 0 Å². The predicted octanol–water partition coefficient (Wildman–Crippen LogP) is 5.38. The van der Waals surface area contributed by atoms with Gasteiger partial charge >= 0.3 is 0 Å². The van der Waals surface area contributed by atoms with E-state index in [1.807, 2.05) is 0 Å². The molecule has 0 N–H and O–H groups in total. The molecule has 0 aromatic heterocycles. The van der Waals surface area contributed by atoms with Crippen molar-refractivity contribution in [2.45, 2.75) is 108 Å². The molecule has 20 heavy (non-hydrogen) atoms. The number of hydrogen-bond donors (Lipinski definition) is 0. The van der Waals surface area contributed by atoms with Gasteiger partial charge in [-0.05, 0) is 0 Å². The summed E-state index contributed by atoms with van der Waals surface area (Å²) in [5.41, 5.74) is 0. The molecular weight excluding hydrogens is 237 g/mol. The van der Waals surface area contributed by atoms with Crippen LogP contribution in [0.25, 0.3) is 0 Å². The van der Waals surface area contributed by atoms with Crippen molar-refractivity contribution in [3.63, 3.8) is 0 Å². The summed E-state index contributed by atoms with van der Waals surface area (Å²) in [6.45, 7) is 2.49. The van der Waals surface area contributed by atoms with Crippen LogP contribution in [0.1, 0.15) is 96.8 Å². The van der Waals surface area contributed by atoms with E-state index in [0.29, 0.717) is 5.31 Å². The molecule has 0 aliphatic heterocycles. The van der Waals surface area contributed by atoms with Crippen molar-refractivity contribution in [3.05, 3.63) is 0 Å². The van der Waals surface area contributed by atoms with Crippen molar-refractivity contribution in [3.8, 4) is 0 Å². The van der Waals surface area contributed by atoms with Gasteiger partial charge in [0.1, 0.15) is 0 Å². The minimum absolute atomic E-state index is 0.485. The first-order valence-electron chi connectivity index (χ1n) is 9.31. The molecule has 2 saturated carbocycles. The van der Waals surface area contributed by atoms with E-state index in [1.165, 1.54) is 89.9 Å². The lowest BCUT2D eigenvalue weighted by Gasteiger charge is -2.32. The molecule has 2 aliphatic rings. The van der Waals surface area contributed by atoms with E-state index >= 15 is 0 Å². The molecular formula is C17H32B3. The zero-order chi connectivity index (χ0) is 14.1. The SMILES string of the molecule is CC1([B][B][B]C2CCCCCCC2)CCCCCCC1. The van der Waals surface area contributed by atoms with Gasteiger partial charge in [-0.1, -0.05) is 108 Å². The van der Waals surface area contributed by atoms with Crippen LogP contribution in [0.2, 0.25) is 11.1 Å². The Morgan fingerprint density at radius 2 is 1.20 bits per heavy atom. The summed E-state index contributed by atoms with van der Waals surface area (Å²) in [4.78, 5) is 0. The van der Waals surface area contributed by atoms with E-state index in [-0.39, 0.29) is 0 Å². The van der Waals surface area contributed by atoms with Crippen LogP contribution in [0.5, 0.6) is 0 Å². The molecule has 2 aliphatic carbocycles. The molecule has 0 spiro atoms. The largest absolute Gasteiger partial charge is 0.0782 e. The molecule has 2 fully saturated rings. The molecule has 0 aromatic rings. The highest BCUT2D eigenvalue weighted by Crippen LogP contribution is 2.39. The van der Waals surface area contributed by atoms with Crippen molar-refractivity contribution in [1.29, 1.82) is 0 Å². The minimum atomic E-state index is 0.485. The highest BCUT2D eigenvalue weighted by Gasteiger charge is 2.25. The van der Waals surface area contributed by atoms with Crippen molar-refractivity contribution in [2.75, 3.05) is 0 Å². The van der Waals surface area contributed by atoms with Crippen LogP contribution in [0.3, 0.4) is 0 Å². The van der Waals surface area contributed by atoms with Gasteiger partial charge in [0.05, 0.1) is 14.3 Å². The van der Waals surface area contributed by atoms with E-state index in [2.05, 4.69) is 28.3 Å². The van der Waals surface area contributed by atoms with Crippen molar-refractivity contribution in [2.24, 2.45) is 0 Å². The third-order valence-corrected chi connectivity index (χ3v) is 5.53. The molecule has 2 rings (SSSR count). The second-order valence-electron chi connectivity index (χ2n) is 7.58. The summed E-state index contributed by atoms with van der Waals surface area (Å²) in [6.07, 6.45) is 20.2. The maximum absolute atomic E-state index is 2.55. The second kappa shape index (κ2) is 9.26. The zero-order valence-electron chi connectivity index (χ0n) is 13.7. The quantitative estimate of drug-likeness (QED) is 0.600. The number of hydrogen-bond acceptors (Lipinski definition) is 0. The van der Waals surface area contributed by atoms with Crippen molar-refractivity contribution in [1.82, 2.24) is 0 Å². The minimum Gasteiger partial charge on any atom is -0.0782 e. The smallest absolute Gasteiger partial charge is 0.0635 e. The van der Waals surface area contributed by atoms with Crippen LogP contribution >= 0.6 is 0 Å². The summed E-state index contributed by atoms with van der Waals surface area (Å²) in [5, 5.41) is 0.485. The summed E-state index contributed by atoms with van der Waals surface area (Å²) >= 11 is 0. The van der Waals surface area contributed by atoms with E-state index < -0.39 is 0 Å². The van der Waals surface area contributed by atoms with Crippen molar-refractivity contribution >= 4 is 21.4 Å². The Morgan fingerprint density at radius 3 is 1.80 bits per heavy atom. The van der Waals surface area contributed by atoms with Crippen LogP contribution in [0.4, 0.5) is 0 Å². The molecule has 3 heteroatoms. The second-order valence-corrected chi connectivity index (χ2v) is 7.58. The molecule has 0 unspecified atom stereocenters. The Bertz CT molecular complexity index is 239. The van der Waals surface area contributed by atoms with Crippen LogP contribution in [-0.4, -0.2) is 21.4 Å².